The maximum atomic E-state index is 13.1. The lowest BCUT2D eigenvalue weighted by molar-refractivity contribution is -0.0814. The summed E-state index contributed by atoms with van der Waals surface area (Å²) in [6, 6.07) is 7.24. The number of anilines is 1. The van der Waals surface area contributed by atoms with Crippen molar-refractivity contribution in [2.24, 2.45) is 11.3 Å². The molecule has 1 aliphatic rings. The van der Waals surface area contributed by atoms with Gasteiger partial charge in [-0.3, -0.25) is 0 Å². The number of hydrogen-bond donors (Lipinski definition) is 1. The molecule has 0 saturated carbocycles. The summed E-state index contributed by atoms with van der Waals surface area (Å²) in [7, 11) is 0. The van der Waals surface area contributed by atoms with Gasteiger partial charge in [-0.25, -0.2) is 18.7 Å². The predicted octanol–water partition coefficient (Wildman–Crippen LogP) is 4.82. The standard InChI is InChI=1S/C19H25F2N3O/c1-19(2,3)15-12(7-6-10-25-15)11-22-17-13-8-4-5-9-14(13)23-18(24-17)16(20)21/h4-5,8-9,12,15-16H,6-7,10-11H2,1-3H3,(H,22,23,24)/t12-,15+/m0/s1. The van der Waals surface area contributed by atoms with Crippen LogP contribution >= 0.6 is 0 Å². The minimum atomic E-state index is -2.69. The van der Waals surface area contributed by atoms with Gasteiger partial charge >= 0.3 is 0 Å². The molecule has 25 heavy (non-hydrogen) atoms. The van der Waals surface area contributed by atoms with Crippen LogP contribution in [-0.4, -0.2) is 29.2 Å². The molecule has 6 heteroatoms. The van der Waals surface area contributed by atoms with Crippen LogP contribution in [0.2, 0.25) is 0 Å². The molecular weight excluding hydrogens is 324 g/mol. The van der Waals surface area contributed by atoms with Crippen molar-refractivity contribution >= 4 is 16.7 Å². The third kappa shape index (κ3) is 4.06. The maximum Gasteiger partial charge on any atom is 0.297 e. The van der Waals surface area contributed by atoms with E-state index < -0.39 is 12.2 Å². The second-order valence-electron chi connectivity index (χ2n) is 7.69. The summed E-state index contributed by atoms with van der Waals surface area (Å²) in [5.74, 6) is 0.352. The second-order valence-corrected chi connectivity index (χ2v) is 7.69. The van der Waals surface area contributed by atoms with Crippen LogP contribution in [0.4, 0.5) is 14.6 Å². The van der Waals surface area contributed by atoms with Crippen molar-refractivity contribution in [3.63, 3.8) is 0 Å². The van der Waals surface area contributed by atoms with Crippen molar-refractivity contribution in [3.05, 3.63) is 30.1 Å². The molecule has 3 rings (SSSR count). The summed E-state index contributed by atoms with van der Waals surface area (Å²) in [5.41, 5.74) is 0.567. The first-order valence-corrected chi connectivity index (χ1v) is 8.76. The van der Waals surface area contributed by atoms with Crippen LogP contribution in [-0.2, 0) is 4.74 Å². The van der Waals surface area contributed by atoms with E-state index in [2.05, 4.69) is 36.1 Å². The molecule has 0 spiro atoms. The Hall–Kier alpha value is -1.82. The number of ether oxygens (including phenoxy) is 1. The summed E-state index contributed by atoms with van der Waals surface area (Å²) < 4.78 is 32.2. The highest BCUT2D eigenvalue weighted by molar-refractivity contribution is 5.89. The quantitative estimate of drug-likeness (QED) is 0.859. The van der Waals surface area contributed by atoms with Gasteiger partial charge in [0.15, 0.2) is 5.82 Å². The van der Waals surface area contributed by atoms with Crippen molar-refractivity contribution in [2.45, 2.75) is 46.1 Å². The lowest BCUT2D eigenvalue weighted by atomic mass is 9.78. The smallest absolute Gasteiger partial charge is 0.297 e. The van der Waals surface area contributed by atoms with E-state index in [4.69, 9.17) is 4.74 Å². The molecule has 1 aliphatic heterocycles. The number of nitrogens with one attached hydrogen (secondary N) is 1. The van der Waals surface area contributed by atoms with Gasteiger partial charge in [0.05, 0.1) is 11.6 Å². The molecule has 1 fully saturated rings. The molecule has 2 aromatic rings. The minimum absolute atomic E-state index is 0.0363. The van der Waals surface area contributed by atoms with E-state index in [1.165, 1.54) is 0 Å². The van der Waals surface area contributed by atoms with E-state index in [1.54, 1.807) is 12.1 Å². The third-order valence-corrected chi connectivity index (χ3v) is 4.65. The van der Waals surface area contributed by atoms with Crippen molar-refractivity contribution in [2.75, 3.05) is 18.5 Å². The summed E-state index contributed by atoms with van der Waals surface area (Å²) in [4.78, 5) is 8.02. The van der Waals surface area contributed by atoms with E-state index in [-0.39, 0.29) is 11.5 Å². The number of aromatic nitrogens is 2. The van der Waals surface area contributed by atoms with Crippen LogP contribution in [0, 0.1) is 11.3 Å². The molecule has 0 unspecified atom stereocenters. The molecule has 0 amide bonds. The van der Waals surface area contributed by atoms with Crippen LogP contribution in [0.15, 0.2) is 24.3 Å². The SMILES string of the molecule is CC(C)(C)[C@@H]1OCCC[C@H]1CNc1nc(C(F)F)nc2ccccc12. The molecular formula is C19H25F2N3O. The fourth-order valence-corrected chi connectivity index (χ4v) is 3.56. The van der Waals surface area contributed by atoms with Crippen LogP contribution < -0.4 is 5.32 Å². The first-order valence-electron chi connectivity index (χ1n) is 8.76. The number of rotatable bonds is 4. The van der Waals surface area contributed by atoms with Gasteiger partial charge in [0, 0.05) is 24.5 Å². The van der Waals surface area contributed by atoms with Crippen molar-refractivity contribution in [3.8, 4) is 0 Å². The number of nitrogens with zero attached hydrogens (tertiary/aromatic N) is 2. The summed E-state index contributed by atoms with van der Waals surface area (Å²) in [6.07, 6.45) is -0.479. The van der Waals surface area contributed by atoms with Crippen LogP contribution in [0.1, 0.15) is 45.9 Å². The van der Waals surface area contributed by atoms with Gasteiger partial charge in [-0.1, -0.05) is 32.9 Å². The van der Waals surface area contributed by atoms with Gasteiger partial charge in [0.2, 0.25) is 0 Å². The zero-order valence-corrected chi connectivity index (χ0v) is 14.9. The van der Waals surface area contributed by atoms with E-state index in [0.29, 0.717) is 23.8 Å². The second kappa shape index (κ2) is 7.20. The molecule has 2 heterocycles. The first kappa shape index (κ1) is 18.0. The van der Waals surface area contributed by atoms with Crippen LogP contribution in [0.3, 0.4) is 0 Å². The number of benzene rings is 1. The van der Waals surface area contributed by atoms with E-state index >= 15 is 0 Å². The molecule has 1 aromatic carbocycles. The lowest BCUT2D eigenvalue weighted by Crippen LogP contribution is -2.42. The zero-order valence-electron chi connectivity index (χ0n) is 14.9. The van der Waals surface area contributed by atoms with Gasteiger partial charge in [0.1, 0.15) is 5.82 Å². The number of hydrogen-bond acceptors (Lipinski definition) is 4. The third-order valence-electron chi connectivity index (χ3n) is 4.65. The minimum Gasteiger partial charge on any atom is -0.377 e. The lowest BCUT2D eigenvalue weighted by Gasteiger charge is -2.40. The Morgan fingerprint density at radius 2 is 2.00 bits per heavy atom. The Morgan fingerprint density at radius 1 is 1.24 bits per heavy atom. The van der Waals surface area contributed by atoms with Gasteiger partial charge in [-0.2, -0.15) is 0 Å². The number of fused-ring (bicyclic) bond motifs is 1. The van der Waals surface area contributed by atoms with Crippen LogP contribution in [0.25, 0.3) is 10.9 Å². The van der Waals surface area contributed by atoms with E-state index in [1.807, 2.05) is 12.1 Å². The van der Waals surface area contributed by atoms with Gasteiger partial charge < -0.3 is 10.1 Å². The summed E-state index contributed by atoms with van der Waals surface area (Å²) in [6.45, 7) is 7.94. The topological polar surface area (TPSA) is 47.0 Å². The Morgan fingerprint density at radius 3 is 2.72 bits per heavy atom. The van der Waals surface area contributed by atoms with Crippen molar-refractivity contribution in [1.29, 1.82) is 0 Å². The zero-order chi connectivity index (χ0) is 18.0. The van der Waals surface area contributed by atoms with Gasteiger partial charge in [-0.05, 0) is 30.4 Å². The monoisotopic (exact) mass is 349 g/mol. The Labute approximate surface area is 147 Å². The van der Waals surface area contributed by atoms with Gasteiger partial charge in [0.25, 0.3) is 6.43 Å². The Kier molecular flexibility index (Phi) is 5.18. The normalized spacial score (nSPS) is 21.7. The highest BCUT2D eigenvalue weighted by atomic mass is 19.3. The van der Waals surface area contributed by atoms with Crippen LogP contribution in [0.5, 0.6) is 0 Å². The Bertz CT molecular complexity index is 730. The Balaban J connectivity index is 1.84. The van der Waals surface area contributed by atoms with E-state index in [9.17, 15) is 8.78 Å². The molecule has 4 nitrogen and oxygen atoms in total. The number of halogens is 2. The fraction of sp³-hybridized carbons (Fsp3) is 0.579. The average Bonchev–Trinajstić information content (AvgIpc) is 2.58. The first-order chi connectivity index (χ1) is 11.9. The van der Waals surface area contributed by atoms with Crippen molar-refractivity contribution < 1.29 is 13.5 Å². The van der Waals surface area contributed by atoms with E-state index in [0.717, 1.165) is 24.8 Å². The summed E-state index contributed by atoms with van der Waals surface area (Å²) >= 11 is 0. The molecule has 0 radical (unpaired) electrons. The maximum absolute atomic E-state index is 13.1. The number of alkyl halides is 2. The average molecular weight is 349 g/mol. The molecule has 1 saturated heterocycles. The molecule has 2 atom stereocenters. The largest absolute Gasteiger partial charge is 0.377 e. The molecule has 1 aromatic heterocycles. The van der Waals surface area contributed by atoms with Gasteiger partial charge in [-0.15, -0.1) is 0 Å². The fourth-order valence-electron chi connectivity index (χ4n) is 3.56. The summed E-state index contributed by atoms with van der Waals surface area (Å²) in [5, 5.41) is 4.05. The highest BCUT2D eigenvalue weighted by Crippen LogP contribution is 2.34. The molecule has 1 N–H and O–H groups in total. The predicted molar refractivity (Wildman–Crippen MR) is 94.9 cm³/mol. The molecule has 0 aliphatic carbocycles. The highest BCUT2D eigenvalue weighted by Gasteiger charge is 2.35. The van der Waals surface area contributed by atoms with Crippen molar-refractivity contribution in [1.82, 2.24) is 9.97 Å². The molecule has 136 valence electrons. The molecule has 0 bridgehead atoms. The number of para-hydroxylation sites is 1.